The third-order valence-electron chi connectivity index (χ3n) is 9.61. The molecule has 1 heterocycles. The van der Waals surface area contributed by atoms with Crippen LogP contribution in [0.3, 0.4) is 0 Å². The van der Waals surface area contributed by atoms with E-state index in [0.29, 0.717) is 23.0 Å². The largest absolute Gasteiger partial charge is 0.208 e. The first-order valence-corrected chi connectivity index (χ1v) is 15.5. The van der Waals surface area contributed by atoms with Crippen molar-refractivity contribution >= 4 is 0 Å². The van der Waals surface area contributed by atoms with E-state index in [1.54, 1.807) is 0 Å². The summed E-state index contributed by atoms with van der Waals surface area (Å²) in [6.45, 7) is 4.90. The van der Waals surface area contributed by atoms with Crippen molar-refractivity contribution in [2.45, 2.75) is 51.4 Å². The standard InChI is InChI=1S/C39H36N4/c1-26-19-27-21-28(20-26)24-39(2,23-27)34-16-13-29(14-17-34)35-18-15-32(22-33(35)25-40)38-42-36(30-9-5-3-6-10-30)41-37(43-38)31-11-7-4-8-12-31/h3-18,22,26-28H,19-21,23-24H2,1-2H3/t26?,27-,28+,39?. The van der Waals surface area contributed by atoms with Gasteiger partial charge >= 0.3 is 0 Å². The SMILES string of the molecule is CC1C[C@@H]2C[C@H](C1)CC(C)(c1ccc(-c3ccc(-c4nc(-c5ccccc5)nc(-c5ccccc5)n4)cc3C#N)cc1)C2. The fourth-order valence-electron chi connectivity index (χ4n) is 7.84. The predicted octanol–water partition coefficient (Wildman–Crippen LogP) is 9.52. The zero-order chi connectivity index (χ0) is 29.4. The molecule has 4 heteroatoms. The average molecular weight is 561 g/mol. The Labute approximate surface area is 254 Å². The number of fused-ring (bicyclic) bond motifs is 2. The molecular formula is C39H36N4. The number of aromatic nitrogens is 3. The summed E-state index contributed by atoms with van der Waals surface area (Å²) in [6, 6.07) is 37.3. The Morgan fingerprint density at radius 1 is 0.628 bits per heavy atom. The van der Waals surface area contributed by atoms with Crippen LogP contribution in [0.1, 0.15) is 57.1 Å². The van der Waals surface area contributed by atoms with E-state index in [1.165, 1.54) is 37.7 Å². The second-order valence-corrected chi connectivity index (χ2v) is 13.0. The van der Waals surface area contributed by atoms with Gasteiger partial charge in [0.2, 0.25) is 0 Å². The maximum atomic E-state index is 10.2. The fraction of sp³-hybridized carbons (Fsp3) is 0.282. The van der Waals surface area contributed by atoms with Gasteiger partial charge in [-0.3, -0.25) is 0 Å². The second-order valence-electron chi connectivity index (χ2n) is 13.0. The van der Waals surface area contributed by atoms with Crippen LogP contribution >= 0.6 is 0 Å². The van der Waals surface area contributed by atoms with Crippen molar-refractivity contribution in [3.63, 3.8) is 0 Å². The first-order valence-electron chi connectivity index (χ1n) is 15.5. The minimum absolute atomic E-state index is 0.236. The Balaban J connectivity index is 1.22. The number of nitriles is 1. The molecule has 1 aromatic heterocycles. The number of hydrogen-bond acceptors (Lipinski definition) is 4. The van der Waals surface area contributed by atoms with E-state index >= 15 is 0 Å². The molecule has 4 atom stereocenters. The molecule has 4 nitrogen and oxygen atoms in total. The van der Waals surface area contributed by atoms with Crippen molar-refractivity contribution < 1.29 is 0 Å². The Hall–Kier alpha value is -4.62. The van der Waals surface area contributed by atoms with E-state index in [9.17, 15) is 5.26 Å². The maximum Gasteiger partial charge on any atom is 0.164 e. The minimum atomic E-state index is 0.236. The summed E-state index contributed by atoms with van der Waals surface area (Å²) in [5, 5.41) is 10.2. The first kappa shape index (κ1) is 27.2. The Morgan fingerprint density at radius 2 is 1.14 bits per heavy atom. The van der Waals surface area contributed by atoms with Crippen molar-refractivity contribution in [1.29, 1.82) is 5.26 Å². The number of rotatable bonds is 5. The van der Waals surface area contributed by atoms with Crippen molar-refractivity contribution in [1.82, 2.24) is 15.0 Å². The van der Waals surface area contributed by atoms with E-state index in [-0.39, 0.29) is 5.41 Å². The Morgan fingerprint density at radius 3 is 1.67 bits per heavy atom. The van der Waals surface area contributed by atoms with Crippen LogP contribution in [0.5, 0.6) is 0 Å². The Bertz CT molecular complexity index is 1710. The van der Waals surface area contributed by atoms with Gasteiger partial charge in [0.05, 0.1) is 11.6 Å². The summed E-state index contributed by atoms with van der Waals surface area (Å²) < 4.78 is 0. The fourth-order valence-corrected chi connectivity index (χ4v) is 7.84. The maximum absolute atomic E-state index is 10.2. The van der Waals surface area contributed by atoms with E-state index in [0.717, 1.165) is 45.6 Å². The minimum Gasteiger partial charge on any atom is -0.208 e. The third-order valence-corrected chi connectivity index (χ3v) is 9.61. The summed E-state index contributed by atoms with van der Waals surface area (Å²) in [5.74, 6) is 4.34. The quantitative estimate of drug-likeness (QED) is 0.215. The van der Waals surface area contributed by atoms with Crippen LogP contribution < -0.4 is 0 Å². The van der Waals surface area contributed by atoms with Gasteiger partial charge in [0.1, 0.15) is 0 Å². The summed E-state index contributed by atoms with van der Waals surface area (Å²) in [4.78, 5) is 14.5. The molecule has 4 aromatic carbocycles. The van der Waals surface area contributed by atoms with Gasteiger partial charge in [-0.05, 0) is 78.0 Å². The van der Waals surface area contributed by atoms with Crippen molar-refractivity contribution in [2.75, 3.05) is 0 Å². The van der Waals surface area contributed by atoms with Crippen molar-refractivity contribution in [3.05, 3.63) is 114 Å². The molecule has 0 saturated heterocycles. The van der Waals surface area contributed by atoms with Gasteiger partial charge in [-0.1, -0.05) is 111 Å². The second kappa shape index (κ2) is 11.2. The smallest absolute Gasteiger partial charge is 0.164 e. The normalized spacial score (nSPS) is 23.0. The van der Waals surface area contributed by atoms with Gasteiger partial charge in [0.15, 0.2) is 17.5 Å². The molecular weight excluding hydrogens is 524 g/mol. The van der Waals surface area contributed by atoms with Crippen LogP contribution in [0.2, 0.25) is 0 Å². The highest BCUT2D eigenvalue weighted by Gasteiger charge is 2.41. The molecule has 2 aliphatic carbocycles. The van der Waals surface area contributed by atoms with E-state index in [1.807, 2.05) is 78.9 Å². The van der Waals surface area contributed by atoms with Crippen LogP contribution in [-0.4, -0.2) is 15.0 Å². The lowest BCUT2D eigenvalue weighted by atomic mass is 9.57. The first-order chi connectivity index (χ1) is 21.0. The van der Waals surface area contributed by atoms with E-state index < -0.39 is 0 Å². The monoisotopic (exact) mass is 560 g/mol. The van der Waals surface area contributed by atoms with Crippen LogP contribution in [0, 0.1) is 29.1 Å². The molecule has 0 N–H and O–H groups in total. The zero-order valence-corrected chi connectivity index (χ0v) is 24.9. The molecule has 2 unspecified atom stereocenters. The third kappa shape index (κ3) is 5.48. The molecule has 0 aliphatic heterocycles. The molecule has 0 amide bonds. The molecule has 2 bridgehead atoms. The zero-order valence-electron chi connectivity index (χ0n) is 24.9. The van der Waals surface area contributed by atoms with Gasteiger partial charge in [-0.25, -0.2) is 15.0 Å². The summed E-state index contributed by atoms with van der Waals surface area (Å²) >= 11 is 0. The van der Waals surface area contributed by atoms with Gasteiger partial charge in [-0.15, -0.1) is 0 Å². The lowest BCUT2D eigenvalue weighted by Crippen LogP contribution is -2.38. The van der Waals surface area contributed by atoms with Crippen LogP contribution in [0.4, 0.5) is 0 Å². The molecule has 0 radical (unpaired) electrons. The summed E-state index contributed by atoms with van der Waals surface area (Å²) in [7, 11) is 0. The molecule has 7 rings (SSSR count). The highest BCUT2D eigenvalue weighted by molar-refractivity contribution is 5.76. The highest BCUT2D eigenvalue weighted by Crippen LogP contribution is 2.51. The van der Waals surface area contributed by atoms with Gasteiger partial charge in [0.25, 0.3) is 0 Å². The number of benzene rings is 4. The predicted molar refractivity (Wildman–Crippen MR) is 173 cm³/mol. The molecule has 0 spiro atoms. The molecule has 2 fully saturated rings. The molecule has 5 aromatic rings. The van der Waals surface area contributed by atoms with Gasteiger partial charge in [-0.2, -0.15) is 5.26 Å². The number of hydrogen-bond donors (Lipinski definition) is 0. The van der Waals surface area contributed by atoms with E-state index in [2.05, 4.69) is 44.2 Å². The topological polar surface area (TPSA) is 62.5 Å². The van der Waals surface area contributed by atoms with Gasteiger partial charge < -0.3 is 0 Å². The van der Waals surface area contributed by atoms with E-state index in [4.69, 9.17) is 15.0 Å². The van der Waals surface area contributed by atoms with Crippen molar-refractivity contribution in [2.24, 2.45) is 17.8 Å². The Kier molecular flexibility index (Phi) is 7.11. The summed E-state index contributed by atoms with van der Waals surface area (Å²) in [6.07, 6.45) is 6.74. The average Bonchev–Trinajstić information content (AvgIpc) is 3.04. The highest BCUT2D eigenvalue weighted by atomic mass is 15.0. The lowest BCUT2D eigenvalue weighted by molar-refractivity contribution is 0.0899. The van der Waals surface area contributed by atoms with Gasteiger partial charge in [0, 0.05) is 16.7 Å². The molecule has 43 heavy (non-hydrogen) atoms. The molecule has 212 valence electrons. The number of nitrogens with zero attached hydrogens (tertiary/aromatic N) is 4. The van der Waals surface area contributed by atoms with Crippen LogP contribution in [0.25, 0.3) is 45.3 Å². The molecule has 2 aliphatic rings. The van der Waals surface area contributed by atoms with Crippen LogP contribution in [0.15, 0.2) is 103 Å². The molecule has 2 saturated carbocycles. The lowest BCUT2D eigenvalue weighted by Gasteiger charge is -2.47. The van der Waals surface area contributed by atoms with Crippen molar-refractivity contribution in [3.8, 4) is 51.4 Å². The summed E-state index contributed by atoms with van der Waals surface area (Å²) in [5.41, 5.74) is 6.91. The van der Waals surface area contributed by atoms with Crippen LogP contribution in [-0.2, 0) is 5.41 Å².